The van der Waals surface area contributed by atoms with E-state index in [1.165, 1.54) is 0 Å². The molecular weight excluding hydrogens is 360 g/mol. The summed E-state index contributed by atoms with van der Waals surface area (Å²) in [6, 6.07) is 17.8. The van der Waals surface area contributed by atoms with E-state index in [0.29, 0.717) is 11.6 Å². The Bertz CT molecular complexity index is 975. The average Bonchev–Trinajstić information content (AvgIpc) is 2.70. The van der Waals surface area contributed by atoms with Crippen LogP contribution in [0, 0.1) is 5.92 Å². The van der Waals surface area contributed by atoms with Crippen molar-refractivity contribution < 1.29 is 9.90 Å². The van der Waals surface area contributed by atoms with Gasteiger partial charge in [-0.15, -0.1) is 0 Å². The number of fused-ring (bicyclic) bond motifs is 1. The molecule has 1 fully saturated rings. The minimum Gasteiger partial charge on any atom is -0.481 e. The molecule has 1 aliphatic heterocycles. The summed E-state index contributed by atoms with van der Waals surface area (Å²) in [7, 11) is 0. The molecular formula is C22H21ClN2O2. The van der Waals surface area contributed by atoms with Crippen molar-refractivity contribution in [2.24, 2.45) is 5.92 Å². The van der Waals surface area contributed by atoms with Gasteiger partial charge in [0.25, 0.3) is 0 Å². The number of nitrogens with zero attached hydrogens (tertiary/aromatic N) is 2. The van der Waals surface area contributed by atoms with E-state index >= 15 is 0 Å². The van der Waals surface area contributed by atoms with Crippen molar-refractivity contribution in [3.8, 4) is 0 Å². The van der Waals surface area contributed by atoms with Crippen molar-refractivity contribution in [3.05, 3.63) is 76.9 Å². The molecule has 0 amide bonds. The number of benzene rings is 2. The molecule has 4 rings (SSSR count). The molecule has 0 radical (unpaired) electrons. The number of carbonyl (C=O) groups is 1. The molecule has 0 aliphatic carbocycles. The van der Waals surface area contributed by atoms with Crippen LogP contribution < -0.4 is 0 Å². The predicted octanol–water partition coefficient (Wildman–Crippen LogP) is 4.77. The van der Waals surface area contributed by atoms with Crippen LogP contribution in [0.3, 0.4) is 0 Å². The third-order valence-electron chi connectivity index (χ3n) is 5.29. The molecule has 2 heterocycles. The number of rotatable bonds is 4. The lowest BCUT2D eigenvalue weighted by Crippen LogP contribution is -2.41. The number of pyridine rings is 1. The van der Waals surface area contributed by atoms with Crippen LogP contribution in [0.15, 0.2) is 60.8 Å². The van der Waals surface area contributed by atoms with E-state index in [9.17, 15) is 9.90 Å². The number of likely N-dealkylation sites (tertiary alicyclic amines) is 1. The summed E-state index contributed by atoms with van der Waals surface area (Å²) in [5.41, 5.74) is 2.97. The largest absolute Gasteiger partial charge is 0.481 e. The first-order valence-corrected chi connectivity index (χ1v) is 9.57. The summed E-state index contributed by atoms with van der Waals surface area (Å²) in [5, 5.41) is 11.3. The summed E-state index contributed by atoms with van der Waals surface area (Å²) < 4.78 is 0. The van der Waals surface area contributed by atoms with E-state index in [2.05, 4.69) is 16.0 Å². The highest BCUT2D eigenvalue weighted by atomic mass is 35.5. The fourth-order valence-electron chi connectivity index (χ4n) is 3.96. The highest BCUT2D eigenvalue weighted by Crippen LogP contribution is 2.36. The second-order valence-electron chi connectivity index (χ2n) is 7.06. The van der Waals surface area contributed by atoms with E-state index in [4.69, 9.17) is 11.6 Å². The number of hydrogen-bond donors (Lipinski definition) is 1. The van der Waals surface area contributed by atoms with Crippen LogP contribution in [0.4, 0.5) is 0 Å². The lowest BCUT2D eigenvalue weighted by Gasteiger charge is -2.37. The van der Waals surface area contributed by atoms with E-state index in [1.807, 2.05) is 54.7 Å². The van der Waals surface area contributed by atoms with Gasteiger partial charge in [-0.25, -0.2) is 0 Å². The highest BCUT2D eigenvalue weighted by Gasteiger charge is 2.32. The SMILES string of the molecule is O=C(O)C1CCCN(C(c2cnc3ccccc3c2)c2ccccc2Cl)C1. The van der Waals surface area contributed by atoms with Gasteiger partial charge in [-0.05, 0) is 48.7 Å². The molecule has 138 valence electrons. The fourth-order valence-corrected chi connectivity index (χ4v) is 4.20. The van der Waals surface area contributed by atoms with Crippen molar-refractivity contribution in [1.29, 1.82) is 0 Å². The Kier molecular flexibility index (Phi) is 5.10. The van der Waals surface area contributed by atoms with Gasteiger partial charge in [0.15, 0.2) is 0 Å². The standard InChI is InChI=1S/C22H21ClN2O2/c23-19-9-3-2-8-18(19)21(25-11-5-7-16(14-25)22(26)27)17-12-15-6-1-4-10-20(15)24-13-17/h1-4,6,8-10,12-13,16,21H,5,7,11,14H2,(H,26,27). The molecule has 3 aromatic rings. The first-order chi connectivity index (χ1) is 13.1. The van der Waals surface area contributed by atoms with Crippen molar-refractivity contribution in [3.63, 3.8) is 0 Å². The summed E-state index contributed by atoms with van der Waals surface area (Å²) >= 11 is 6.54. The molecule has 27 heavy (non-hydrogen) atoms. The number of aromatic nitrogens is 1. The van der Waals surface area contributed by atoms with Gasteiger partial charge in [-0.3, -0.25) is 14.7 Å². The fraction of sp³-hybridized carbons (Fsp3) is 0.273. The van der Waals surface area contributed by atoms with Crippen molar-refractivity contribution in [2.45, 2.75) is 18.9 Å². The van der Waals surface area contributed by atoms with Gasteiger partial charge < -0.3 is 5.11 Å². The lowest BCUT2D eigenvalue weighted by atomic mass is 9.91. The van der Waals surface area contributed by atoms with E-state index < -0.39 is 5.97 Å². The van der Waals surface area contributed by atoms with Gasteiger partial charge in [0.2, 0.25) is 0 Å². The number of piperidine rings is 1. The topological polar surface area (TPSA) is 53.4 Å². The Morgan fingerprint density at radius 1 is 1.19 bits per heavy atom. The first kappa shape index (κ1) is 18.0. The number of halogens is 1. The zero-order chi connectivity index (χ0) is 18.8. The predicted molar refractivity (Wildman–Crippen MR) is 107 cm³/mol. The zero-order valence-corrected chi connectivity index (χ0v) is 15.6. The molecule has 0 saturated carbocycles. The lowest BCUT2D eigenvalue weighted by molar-refractivity contribution is -0.143. The minimum absolute atomic E-state index is 0.113. The molecule has 5 heteroatoms. The number of hydrogen-bond acceptors (Lipinski definition) is 3. The second-order valence-corrected chi connectivity index (χ2v) is 7.46. The number of para-hydroxylation sites is 1. The molecule has 1 aromatic heterocycles. The number of carboxylic acid groups (broad SMARTS) is 1. The Labute approximate surface area is 163 Å². The van der Waals surface area contributed by atoms with Crippen molar-refractivity contribution >= 4 is 28.5 Å². The Morgan fingerprint density at radius 2 is 1.96 bits per heavy atom. The van der Waals surface area contributed by atoms with Crippen LogP contribution >= 0.6 is 11.6 Å². The third-order valence-corrected chi connectivity index (χ3v) is 5.64. The minimum atomic E-state index is -0.728. The van der Waals surface area contributed by atoms with Crippen LogP contribution in [0.2, 0.25) is 5.02 Å². The van der Waals surface area contributed by atoms with Crippen LogP contribution in [0.1, 0.15) is 30.0 Å². The summed E-state index contributed by atoms with van der Waals surface area (Å²) in [4.78, 5) is 18.4. The van der Waals surface area contributed by atoms with Crippen LogP contribution in [-0.4, -0.2) is 34.0 Å². The average molecular weight is 381 g/mol. The van der Waals surface area contributed by atoms with Crippen LogP contribution in [-0.2, 0) is 4.79 Å². The maximum atomic E-state index is 11.6. The van der Waals surface area contributed by atoms with E-state index in [1.54, 1.807) is 0 Å². The molecule has 1 saturated heterocycles. The molecule has 2 unspecified atom stereocenters. The van der Waals surface area contributed by atoms with E-state index in [0.717, 1.165) is 41.4 Å². The molecule has 4 nitrogen and oxygen atoms in total. The maximum Gasteiger partial charge on any atom is 0.307 e. The third kappa shape index (κ3) is 3.68. The van der Waals surface area contributed by atoms with Gasteiger partial charge in [0.1, 0.15) is 0 Å². The maximum absolute atomic E-state index is 11.6. The summed E-state index contributed by atoms with van der Waals surface area (Å²) in [5.74, 6) is -1.08. The normalized spacial score (nSPS) is 19.1. The molecule has 2 atom stereocenters. The summed E-state index contributed by atoms with van der Waals surface area (Å²) in [6.45, 7) is 1.35. The number of aliphatic carboxylic acids is 1. The van der Waals surface area contributed by atoms with Gasteiger partial charge >= 0.3 is 5.97 Å². The molecule has 0 spiro atoms. The van der Waals surface area contributed by atoms with Gasteiger partial charge in [0, 0.05) is 23.2 Å². The van der Waals surface area contributed by atoms with Gasteiger partial charge in [-0.1, -0.05) is 48.0 Å². The van der Waals surface area contributed by atoms with Crippen LogP contribution in [0.25, 0.3) is 10.9 Å². The van der Waals surface area contributed by atoms with Crippen molar-refractivity contribution in [2.75, 3.05) is 13.1 Å². The van der Waals surface area contributed by atoms with Crippen LogP contribution in [0.5, 0.6) is 0 Å². The number of carboxylic acids is 1. The Hall–Kier alpha value is -2.43. The second kappa shape index (κ2) is 7.67. The Morgan fingerprint density at radius 3 is 2.78 bits per heavy atom. The first-order valence-electron chi connectivity index (χ1n) is 9.19. The van der Waals surface area contributed by atoms with Crippen molar-refractivity contribution in [1.82, 2.24) is 9.88 Å². The molecule has 2 aromatic carbocycles. The monoisotopic (exact) mass is 380 g/mol. The quantitative estimate of drug-likeness (QED) is 0.708. The van der Waals surface area contributed by atoms with Gasteiger partial charge in [-0.2, -0.15) is 0 Å². The molecule has 1 aliphatic rings. The zero-order valence-electron chi connectivity index (χ0n) is 14.9. The van der Waals surface area contributed by atoms with Gasteiger partial charge in [0.05, 0.1) is 17.5 Å². The summed E-state index contributed by atoms with van der Waals surface area (Å²) in [6.07, 6.45) is 3.47. The Balaban J connectivity index is 1.80. The smallest absolute Gasteiger partial charge is 0.307 e. The van der Waals surface area contributed by atoms with E-state index in [-0.39, 0.29) is 12.0 Å². The molecule has 1 N–H and O–H groups in total. The highest BCUT2D eigenvalue weighted by molar-refractivity contribution is 6.31. The molecule has 0 bridgehead atoms.